The molecule has 0 atom stereocenters. The van der Waals surface area contributed by atoms with Crippen molar-refractivity contribution in [3.8, 4) is 5.75 Å². The van der Waals surface area contributed by atoms with E-state index in [4.69, 9.17) is 21.7 Å². The first-order chi connectivity index (χ1) is 12.6. The number of benzene rings is 2. The van der Waals surface area contributed by atoms with Crippen LogP contribution in [-0.4, -0.2) is 37.9 Å². The summed E-state index contributed by atoms with van der Waals surface area (Å²) in [6.45, 7) is 1.50. The number of rotatable bonds is 8. The smallest absolute Gasteiger partial charge is 0.261 e. The van der Waals surface area contributed by atoms with Crippen LogP contribution < -0.4 is 15.4 Å². The Bertz CT molecular complexity index is 741. The van der Waals surface area contributed by atoms with Crippen LogP contribution in [-0.2, 0) is 11.2 Å². The molecule has 0 radical (unpaired) electrons. The highest BCUT2D eigenvalue weighted by Gasteiger charge is 2.14. The van der Waals surface area contributed by atoms with E-state index in [1.807, 2.05) is 36.4 Å². The SMILES string of the molecule is COCCNC(=S)NC(=O)c1cc(Br)ccc1OCCc1ccccc1. The van der Waals surface area contributed by atoms with Crippen molar-refractivity contribution in [2.45, 2.75) is 6.42 Å². The number of ether oxygens (including phenoxy) is 2. The second-order valence-corrected chi connectivity index (χ2v) is 6.75. The van der Waals surface area contributed by atoms with Crippen LogP contribution in [0.1, 0.15) is 15.9 Å². The van der Waals surface area contributed by atoms with E-state index in [1.54, 1.807) is 19.2 Å². The lowest BCUT2D eigenvalue weighted by molar-refractivity contribution is 0.0972. The van der Waals surface area contributed by atoms with Crippen LogP contribution in [0.4, 0.5) is 0 Å². The van der Waals surface area contributed by atoms with E-state index in [-0.39, 0.29) is 11.0 Å². The molecule has 2 aromatic carbocycles. The predicted molar refractivity (Wildman–Crippen MR) is 110 cm³/mol. The van der Waals surface area contributed by atoms with Gasteiger partial charge in [0.15, 0.2) is 5.11 Å². The Labute approximate surface area is 167 Å². The first kappa shape index (κ1) is 20.4. The molecule has 7 heteroatoms. The van der Waals surface area contributed by atoms with Gasteiger partial charge in [0.25, 0.3) is 5.91 Å². The lowest BCUT2D eigenvalue weighted by atomic mass is 10.1. The molecule has 0 bridgehead atoms. The average molecular weight is 437 g/mol. The van der Waals surface area contributed by atoms with E-state index in [1.165, 1.54) is 5.56 Å². The number of nitrogens with one attached hydrogen (secondary N) is 2. The van der Waals surface area contributed by atoms with E-state index in [2.05, 4.69) is 26.6 Å². The summed E-state index contributed by atoms with van der Waals surface area (Å²) in [7, 11) is 1.60. The zero-order valence-corrected chi connectivity index (χ0v) is 16.9. The molecule has 0 aliphatic carbocycles. The third kappa shape index (κ3) is 6.74. The minimum absolute atomic E-state index is 0.252. The number of carbonyl (C=O) groups excluding carboxylic acids is 1. The van der Waals surface area contributed by atoms with Crippen molar-refractivity contribution in [3.05, 3.63) is 64.1 Å². The highest BCUT2D eigenvalue weighted by molar-refractivity contribution is 9.10. The Kier molecular flexibility index (Phi) is 8.53. The Morgan fingerprint density at radius 1 is 1.15 bits per heavy atom. The molecule has 26 heavy (non-hydrogen) atoms. The lowest BCUT2D eigenvalue weighted by Crippen LogP contribution is -2.40. The second kappa shape index (κ2) is 10.9. The van der Waals surface area contributed by atoms with Crippen molar-refractivity contribution in [1.82, 2.24) is 10.6 Å². The fourth-order valence-electron chi connectivity index (χ4n) is 2.21. The van der Waals surface area contributed by atoms with Gasteiger partial charge in [0.05, 0.1) is 18.8 Å². The summed E-state index contributed by atoms with van der Waals surface area (Å²) >= 11 is 8.51. The van der Waals surface area contributed by atoms with Crippen LogP contribution in [0.15, 0.2) is 53.0 Å². The molecule has 0 aliphatic rings. The van der Waals surface area contributed by atoms with Crippen LogP contribution in [0.25, 0.3) is 0 Å². The first-order valence-corrected chi connectivity index (χ1v) is 9.34. The maximum Gasteiger partial charge on any atom is 0.261 e. The van der Waals surface area contributed by atoms with E-state index < -0.39 is 0 Å². The average Bonchev–Trinajstić information content (AvgIpc) is 2.64. The third-order valence-electron chi connectivity index (χ3n) is 3.50. The molecule has 2 aromatic rings. The number of hydrogen-bond acceptors (Lipinski definition) is 4. The van der Waals surface area contributed by atoms with Crippen LogP contribution >= 0.6 is 28.1 Å². The van der Waals surface area contributed by atoms with Gasteiger partial charge in [-0.2, -0.15) is 0 Å². The second-order valence-electron chi connectivity index (χ2n) is 5.43. The van der Waals surface area contributed by atoms with Gasteiger partial charge in [-0.25, -0.2) is 0 Å². The molecule has 2 N–H and O–H groups in total. The minimum Gasteiger partial charge on any atom is -0.492 e. The number of methoxy groups -OCH3 is 1. The maximum atomic E-state index is 12.5. The molecule has 0 aliphatic heterocycles. The highest BCUT2D eigenvalue weighted by atomic mass is 79.9. The van der Waals surface area contributed by atoms with Gasteiger partial charge < -0.3 is 14.8 Å². The van der Waals surface area contributed by atoms with Crippen molar-refractivity contribution in [2.24, 2.45) is 0 Å². The topological polar surface area (TPSA) is 59.6 Å². The molecule has 138 valence electrons. The van der Waals surface area contributed by atoms with Crippen LogP contribution in [0.5, 0.6) is 5.75 Å². The van der Waals surface area contributed by atoms with Gasteiger partial charge in [0.2, 0.25) is 0 Å². The molecule has 0 fully saturated rings. The quantitative estimate of drug-likeness (QED) is 0.490. The van der Waals surface area contributed by atoms with E-state index in [0.717, 1.165) is 10.9 Å². The number of halogens is 1. The predicted octanol–water partition coefficient (Wildman–Crippen LogP) is 3.32. The zero-order chi connectivity index (χ0) is 18.8. The number of hydrogen-bond donors (Lipinski definition) is 2. The summed E-state index contributed by atoms with van der Waals surface area (Å²) in [6.07, 6.45) is 0.759. The Morgan fingerprint density at radius 2 is 1.92 bits per heavy atom. The largest absolute Gasteiger partial charge is 0.492 e. The van der Waals surface area contributed by atoms with E-state index in [9.17, 15) is 4.79 Å². The van der Waals surface area contributed by atoms with Crippen LogP contribution in [0.3, 0.4) is 0 Å². The normalized spacial score (nSPS) is 10.2. The Balaban J connectivity index is 1.97. The van der Waals surface area contributed by atoms with Gasteiger partial charge in [-0.15, -0.1) is 0 Å². The molecule has 5 nitrogen and oxygen atoms in total. The summed E-state index contributed by atoms with van der Waals surface area (Å²) in [5.41, 5.74) is 1.60. The summed E-state index contributed by atoms with van der Waals surface area (Å²) in [6, 6.07) is 15.4. The molecular weight excluding hydrogens is 416 g/mol. The van der Waals surface area contributed by atoms with Crippen molar-refractivity contribution in [2.75, 3.05) is 26.9 Å². The molecule has 0 heterocycles. The Hall–Kier alpha value is -1.96. The molecule has 0 aromatic heterocycles. The van der Waals surface area contributed by atoms with Crippen molar-refractivity contribution in [1.29, 1.82) is 0 Å². The molecule has 0 saturated carbocycles. The van der Waals surface area contributed by atoms with Gasteiger partial charge in [-0.05, 0) is 36.0 Å². The molecule has 0 saturated heterocycles. The summed E-state index contributed by atoms with van der Waals surface area (Å²) in [4.78, 5) is 12.5. The maximum absolute atomic E-state index is 12.5. The van der Waals surface area contributed by atoms with Gasteiger partial charge in [-0.1, -0.05) is 46.3 Å². The highest BCUT2D eigenvalue weighted by Crippen LogP contribution is 2.23. The summed E-state index contributed by atoms with van der Waals surface area (Å²) in [5, 5.41) is 5.81. The van der Waals surface area contributed by atoms with Gasteiger partial charge in [0.1, 0.15) is 5.75 Å². The first-order valence-electron chi connectivity index (χ1n) is 8.14. The number of thiocarbonyl (C=S) groups is 1. The number of amides is 1. The fraction of sp³-hybridized carbons (Fsp3) is 0.263. The summed E-state index contributed by atoms with van der Waals surface area (Å²) < 4.78 is 11.6. The molecular formula is C19H21BrN2O3S. The van der Waals surface area contributed by atoms with E-state index in [0.29, 0.717) is 31.1 Å². The van der Waals surface area contributed by atoms with Crippen LogP contribution in [0, 0.1) is 0 Å². The van der Waals surface area contributed by atoms with Crippen LogP contribution in [0.2, 0.25) is 0 Å². The molecule has 2 rings (SSSR count). The zero-order valence-electron chi connectivity index (χ0n) is 14.5. The molecule has 0 unspecified atom stereocenters. The monoisotopic (exact) mass is 436 g/mol. The minimum atomic E-state index is -0.323. The molecule has 1 amide bonds. The van der Waals surface area contributed by atoms with Crippen molar-refractivity contribution >= 4 is 39.2 Å². The van der Waals surface area contributed by atoms with Gasteiger partial charge >= 0.3 is 0 Å². The van der Waals surface area contributed by atoms with Gasteiger partial charge in [-0.3, -0.25) is 10.1 Å². The Morgan fingerprint density at radius 3 is 2.65 bits per heavy atom. The lowest BCUT2D eigenvalue weighted by Gasteiger charge is -2.13. The van der Waals surface area contributed by atoms with Crippen molar-refractivity contribution < 1.29 is 14.3 Å². The third-order valence-corrected chi connectivity index (χ3v) is 4.24. The summed E-state index contributed by atoms with van der Waals surface area (Å²) in [5.74, 6) is 0.192. The number of carbonyl (C=O) groups is 1. The van der Waals surface area contributed by atoms with Gasteiger partial charge in [0, 0.05) is 24.5 Å². The molecule has 0 spiro atoms. The fourth-order valence-corrected chi connectivity index (χ4v) is 2.77. The van der Waals surface area contributed by atoms with E-state index >= 15 is 0 Å². The standard InChI is InChI=1S/C19H21BrN2O3S/c1-24-12-10-21-19(26)22-18(23)16-13-15(20)7-8-17(16)25-11-9-14-5-3-2-4-6-14/h2-8,13H,9-12H2,1H3,(H2,21,22,23,26). The van der Waals surface area contributed by atoms with Crippen molar-refractivity contribution in [3.63, 3.8) is 0 Å².